The summed E-state index contributed by atoms with van der Waals surface area (Å²) in [5.74, 6) is 0.897. The maximum absolute atomic E-state index is 10.9. The monoisotopic (exact) mass is 221 g/mol. The zero-order valence-electron chi connectivity index (χ0n) is 10.6. The molecule has 0 aromatic heterocycles. The van der Waals surface area contributed by atoms with Gasteiger partial charge in [-0.2, -0.15) is 0 Å². The minimum absolute atomic E-state index is 0.00716. The van der Waals surface area contributed by atoms with Crippen LogP contribution in [0.1, 0.15) is 29.2 Å². The molecule has 0 unspecified atom stereocenters. The summed E-state index contributed by atoms with van der Waals surface area (Å²) in [6, 6.07) is 2.01. The van der Waals surface area contributed by atoms with E-state index in [4.69, 9.17) is 4.74 Å². The molecule has 0 aliphatic heterocycles. The van der Waals surface area contributed by atoms with E-state index in [9.17, 15) is 4.79 Å². The molecule has 0 fully saturated rings. The molecule has 16 heavy (non-hydrogen) atoms. The van der Waals surface area contributed by atoms with Gasteiger partial charge in [-0.15, -0.1) is 0 Å². The van der Waals surface area contributed by atoms with Crippen molar-refractivity contribution in [1.29, 1.82) is 0 Å². The topological polar surface area (TPSA) is 38.3 Å². The number of aryl methyl sites for hydroxylation is 1. The lowest BCUT2D eigenvalue weighted by Gasteiger charge is -2.16. The Kier molecular flexibility index (Phi) is 3.93. The summed E-state index contributed by atoms with van der Waals surface area (Å²) in [6.45, 7) is 8.23. The molecule has 1 rings (SSSR count). The number of benzene rings is 1. The molecule has 0 bridgehead atoms. The third-order valence-electron chi connectivity index (χ3n) is 2.94. The Balaban J connectivity index is 3.10. The fourth-order valence-electron chi connectivity index (χ4n) is 1.80. The van der Waals surface area contributed by atoms with E-state index in [1.807, 2.05) is 19.9 Å². The molecule has 88 valence electrons. The maximum atomic E-state index is 10.9. The summed E-state index contributed by atoms with van der Waals surface area (Å²) in [4.78, 5) is 10.9. The Morgan fingerprint density at radius 2 is 1.94 bits per heavy atom. The minimum Gasteiger partial charge on any atom is -0.496 e. The van der Waals surface area contributed by atoms with Crippen molar-refractivity contribution >= 4 is 5.91 Å². The molecule has 1 N–H and O–H groups in total. The molecule has 0 atom stereocenters. The molecular formula is C13H19NO2. The van der Waals surface area contributed by atoms with Gasteiger partial charge >= 0.3 is 0 Å². The van der Waals surface area contributed by atoms with Crippen LogP contribution >= 0.6 is 0 Å². The van der Waals surface area contributed by atoms with Crippen molar-refractivity contribution in [2.75, 3.05) is 7.11 Å². The lowest BCUT2D eigenvalue weighted by Crippen LogP contribution is -2.20. The normalized spacial score (nSPS) is 10.1. The SMILES string of the molecule is COc1cc(C)c(CNC(C)=O)c(C)c1C. The average molecular weight is 221 g/mol. The first-order valence-electron chi connectivity index (χ1n) is 5.35. The molecule has 0 aliphatic carbocycles. The Bertz CT molecular complexity index is 411. The van der Waals surface area contributed by atoms with E-state index >= 15 is 0 Å². The second-order valence-corrected chi connectivity index (χ2v) is 4.03. The van der Waals surface area contributed by atoms with Crippen LogP contribution in [0.5, 0.6) is 5.75 Å². The molecular weight excluding hydrogens is 202 g/mol. The predicted molar refractivity (Wildman–Crippen MR) is 64.7 cm³/mol. The maximum Gasteiger partial charge on any atom is 0.217 e. The van der Waals surface area contributed by atoms with Crippen LogP contribution in [0.3, 0.4) is 0 Å². The van der Waals surface area contributed by atoms with E-state index in [1.165, 1.54) is 18.1 Å². The standard InChI is InChI=1S/C13H19NO2/c1-8-6-13(16-5)10(3)9(2)12(8)7-14-11(4)15/h6H,7H2,1-5H3,(H,14,15). The number of hydrogen-bond acceptors (Lipinski definition) is 2. The van der Waals surface area contributed by atoms with Gasteiger partial charge in [-0.05, 0) is 49.1 Å². The van der Waals surface area contributed by atoms with Crippen molar-refractivity contribution in [2.45, 2.75) is 34.2 Å². The zero-order valence-corrected chi connectivity index (χ0v) is 10.6. The van der Waals surface area contributed by atoms with Gasteiger partial charge in [-0.25, -0.2) is 0 Å². The van der Waals surface area contributed by atoms with Crippen LogP contribution in [-0.4, -0.2) is 13.0 Å². The first kappa shape index (κ1) is 12.6. The molecule has 0 saturated heterocycles. The van der Waals surface area contributed by atoms with Crippen LogP contribution < -0.4 is 10.1 Å². The van der Waals surface area contributed by atoms with Gasteiger partial charge in [0.05, 0.1) is 7.11 Å². The van der Waals surface area contributed by atoms with Gasteiger partial charge < -0.3 is 10.1 Å². The molecule has 1 amide bonds. The summed E-state index contributed by atoms with van der Waals surface area (Å²) in [7, 11) is 1.68. The molecule has 0 radical (unpaired) electrons. The summed E-state index contributed by atoms with van der Waals surface area (Å²) in [6.07, 6.45) is 0. The number of methoxy groups -OCH3 is 1. The Morgan fingerprint density at radius 1 is 1.31 bits per heavy atom. The quantitative estimate of drug-likeness (QED) is 0.850. The highest BCUT2D eigenvalue weighted by Crippen LogP contribution is 2.27. The molecule has 3 nitrogen and oxygen atoms in total. The third kappa shape index (κ3) is 2.54. The van der Waals surface area contributed by atoms with E-state index in [-0.39, 0.29) is 5.91 Å². The van der Waals surface area contributed by atoms with Crippen LogP contribution in [-0.2, 0) is 11.3 Å². The third-order valence-corrected chi connectivity index (χ3v) is 2.94. The zero-order chi connectivity index (χ0) is 12.3. The number of rotatable bonds is 3. The Morgan fingerprint density at radius 3 is 2.44 bits per heavy atom. The summed E-state index contributed by atoms with van der Waals surface area (Å²) >= 11 is 0. The molecule has 0 heterocycles. The molecule has 0 aliphatic rings. The van der Waals surface area contributed by atoms with Crippen LogP contribution in [0.4, 0.5) is 0 Å². The van der Waals surface area contributed by atoms with E-state index in [0.717, 1.165) is 16.9 Å². The van der Waals surface area contributed by atoms with Crippen LogP contribution in [0, 0.1) is 20.8 Å². The largest absolute Gasteiger partial charge is 0.496 e. The van der Waals surface area contributed by atoms with Crippen molar-refractivity contribution in [3.05, 3.63) is 28.3 Å². The van der Waals surface area contributed by atoms with Gasteiger partial charge in [0.2, 0.25) is 5.91 Å². The minimum atomic E-state index is -0.00716. The van der Waals surface area contributed by atoms with E-state index < -0.39 is 0 Å². The fraction of sp³-hybridized carbons (Fsp3) is 0.462. The first-order valence-corrected chi connectivity index (χ1v) is 5.35. The smallest absolute Gasteiger partial charge is 0.217 e. The number of hydrogen-bond donors (Lipinski definition) is 1. The lowest BCUT2D eigenvalue weighted by atomic mass is 9.97. The van der Waals surface area contributed by atoms with Crippen molar-refractivity contribution < 1.29 is 9.53 Å². The molecule has 1 aromatic carbocycles. The summed E-state index contributed by atoms with van der Waals surface area (Å²) in [5.41, 5.74) is 4.64. The van der Waals surface area contributed by atoms with Crippen molar-refractivity contribution in [2.24, 2.45) is 0 Å². The number of carbonyl (C=O) groups is 1. The fourth-order valence-corrected chi connectivity index (χ4v) is 1.80. The number of nitrogens with one attached hydrogen (secondary N) is 1. The van der Waals surface area contributed by atoms with Gasteiger partial charge in [-0.1, -0.05) is 0 Å². The van der Waals surface area contributed by atoms with Gasteiger partial charge in [0.1, 0.15) is 5.75 Å². The van der Waals surface area contributed by atoms with Gasteiger partial charge in [0, 0.05) is 13.5 Å². The second-order valence-electron chi connectivity index (χ2n) is 4.03. The average Bonchev–Trinajstić information content (AvgIpc) is 2.22. The van der Waals surface area contributed by atoms with Crippen LogP contribution in [0.15, 0.2) is 6.07 Å². The van der Waals surface area contributed by atoms with Gasteiger partial charge in [-0.3, -0.25) is 4.79 Å². The Hall–Kier alpha value is -1.51. The van der Waals surface area contributed by atoms with Crippen molar-refractivity contribution in [3.63, 3.8) is 0 Å². The highest BCUT2D eigenvalue weighted by Gasteiger charge is 2.10. The lowest BCUT2D eigenvalue weighted by molar-refractivity contribution is -0.119. The molecule has 3 heteroatoms. The molecule has 0 spiro atoms. The van der Waals surface area contributed by atoms with Crippen LogP contribution in [0.25, 0.3) is 0 Å². The highest BCUT2D eigenvalue weighted by atomic mass is 16.5. The van der Waals surface area contributed by atoms with Gasteiger partial charge in [0.25, 0.3) is 0 Å². The highest BCUT2D eigenvalue weighted by molar-refractivity contribution is 5.73. The number of carbonyl (C=O) groups excluding carboxylic acids is 1. The predicted octanol–water partition coefficient (Wildman–Crippen LogP) is 2.26. The summed E-state index contributed by atoms with van der Waals surface area (Å²) in [5, 5.41) is 2.83. The van der Waals surface area contributed by atoms with E-state index in [2.05, 4.69) is 12.2 Å². The summed E-state index contributed by atoms with van der Waals surface area (Å²) < 4.78 is 5.30. The van der Waals surface area contributed by atoms with Gasteiger partial charge in [0.15, 0.2) is 0 Å². The second kappa shape index (κ2) is 5.01. The van der Waals surface area contributed by atoms with E-state index in [1.54, 1.807) is 7.11 Å². The first-order chi connectivity index (χ1) is 7.47. The molecule has 1 aromatic rings. The molecule has 0 saturated carbocycles. The number of ether oxygens (including phenoxy) is 1. The number of amides is 1. The Labute approximate surface area is 96.8 Å². The van der Waals surface area contributed by atoms with Crippen molar-refractivity contribution in [3.8, 4) is 5.75 Å². The van der Waals surface area contributed by atoms with Crippen molar-refractivity contribution in [1.82, 2.24) is 5.32 Å². The van der Waals surface area contributed by atoms with Crippen LogP contribution in [0.2, 0.25) is 0 Å². The van der Waals surface area contributed by atoms with E-state index in [0.29, 0.717) is 6.54 Å².